The van der Waals surface area contributed by atoms with Crippen molar-refractivity contribution in [2.45, 2.75) is 65.5 Å². The predicted molar refractivity (Wildman–Crippen MR) is 190 cm³/mol. The third-order valence-electron chi connectivity index (χ3n) is 10.2. The summed E-state index contributed by atoms with van der Waals surface area (Å²) >= 11 is 0. The number of likely N-dealkylation sites (tertiary alicyclic amines) is 1. The van der Waals surface area contributed by atoms with Gasteiger partial charge in [-0.2, -0.15) is 5.26 Å². The number of hydrogen-bond donors (Lipinski definition) is 2. The SMILES string of the molecule is CC(C)(C)C(=O)Nc1ccc2nc(CN3CCC(N(CCCN4CCOCC4)CC4CCCN(c5cc(C#N)ccn5)C4)CC3)[nH]c2c1. The van der Waals surface area contributed by atoms with Gasteiger partial charge in [0.15, 0.2) is 0 Å². The quantitative estimate of drug-likeness (QED) is 0.303. The molecule has 3 aromatic rings. The van der Waals surface area contributed by atoms with Crippen LogP contribution in [0.15, 0.2) is 36.5 Å². The average molecular weight is 656 g/mol. The number of nitrogens with zero attached hydrogens (tertiary/aromatic N) is 7. The molecule has 1 atom stereocenters. The van der Waals surface area contributed by atoms with Crippen LogP contribution in [0.3, 0.4) is 0 Å². The van der Waals surface area contributed by atoms with E-state index in [1.807, 2.05) is 45.0 Å². The van der Waals surface area contributed by atoms with Gasteiger partial charge in [-0.3, -0.25) is 19.5 Å². The Kier molecular flexibility index (Phi) is 11.3. The number of anilines is 2. The van der Waals surface area contributed by atoms with E-state index < -0.39 is 5.41 Å². The summed E-state index contributed by atoms with van der Waals surface area (Å²) in [5.74, 6) is 2.49. The van der Waals surface area contributed by atoms with Crippen LogP contribution in [0, 0.1) is 22.7 Å². The number of H-pyrrole nitrogens is 1. The maximum atomic E-state index is 12.5. The number of pyridine rings is 1. The number of carbonyl (C=O) groups is 1. The van der Waals surface area contributed by atoms with Gasteiger partial charge in [-0.1, -0.05) is 20.8 Å². The van der Waals surface area contributed by atoms with Gasteiger partial charge >= 0.3 is 0 Å². The van der Waals surface area contributed by atoms with E-state index in [4.69, 9.17) is 9.72 Å². The monoisotopic (exact) mass is 655 g/mol. The minimum atomic E-state index is -0.446. The Morgan fingerprint density at radius 1 is 1.08 bits per heavy atom. The second-order valence-electron chi connectivity index (χ2n) is 14.9. The molecule has 11 nitrogen and oxygen atoms in total. The fourth-order valence-corrected chi connectivity index (χ4v) is 7.35. The van der Waals surface area contributed by atoms with Crippen molar-refractivity contribution in [2.24, 2.45) is 11.3 Å². The number of aromatic nitrogens is 3. The zero-order chi connectivity index (χ0) is 33.5. The summed E-state index contributed by atoms with van der Waals surface area (Å²) in [5.41, 5.74) is 2.90. The highest BCUT2D eigenvalue weighted by molar-refractivity contribution is 5.96. The van der Waals surface area contributed by atoms with Crippen LogP contribution in [0.4, 0.5) is 11.5 Å². The van der Waals surface area contributed by atoms with E-state index in [2.05, 4.69) is 41.0 Å². The predicted octanol–water partition coefficient (Wildman–Crippen LogP) is 4.72. The van der Waals surface area contributed by atoms with Crippen molar-refractivity contribution in [1.29, 1.82) is 5.26 Å². The minimum Gasteiger partial charge on any atom is -0.379 e. The number of nitriles is 1. The summed E-state index contributed by atoms with van der Waals surface area (Å²) in [6.07, 6.45) is 7.65. The third kappa shape index (κ3) is 9.11. The molecule has 0 spiro atoms. The lowest BCUT2D eigenvalue weighted by Gasteiger charge is -2.42. The molecule has 3 fully saturated rings. The summed E-state index contributed by atoms with van der Waals surface area (Å²) in [7, 11) is 0. The second-order valence-corrected chi connectivity index (χ2v) is 14.9. The van der Waals surface area contributed by atoms with Gasteiger partial charge in [0.25, 0.3) is 0 Å². The molecule has 6 rings (SSSR count). The number of benzene rings is 1. The number of aromatic amines is 1. The zero-order valence-electron chi connectivity index (χ0n) is 29.1. The number of rotatable bonds is 11. The maximum Gasteiger partial charge on any atom is 0.229 e. The van der Waals surface area contributed by atoms with Crippen LogP contribution >= 0.6 is 0 Å². The highest BCUT2D eigenvalue weighted by atomic mass is 16.5. The molecule has 0 saturated carbocycles. The lowest BCUT2D eigenvalue weighted by molar-refractivity contribution is -0.123. The Morgan fingerprint density at radius 2 is 1.90 bits per heavy atom. The van der Waals surface area contributed by atoms with Gasteiger partial charge in [0.05, 0.1) is 42.4 Å². The lowest BCUT2D eigenvalue weighted by Crippen LogP contribution is -2.49. The van der Waals surface area contributed by atoms with Crippen LogP contribution in [0.2, 0.25) is 0 Å². The molecule has 1 unspecified atom stereocenters. The van der Waals surface area contributed by atoms with E-state index in [0.717, 1.165) is 126 Å². The molecule has 0 radical (unpaired) electrons. The molecule has 11 heteroatoms. The van der Waals surface area contributed by atoms with Crippen LogP contribution in [-0.4, -0.2) is 114 Å². The van der Waals surface area contributed by atoms with Crippen molar-refractivity contribution >= 4 is 28.4 Å². The van der Waals surface area contributed by atoms with Crippen molar-refractivity contribution in [1.82, 2.24) is 29.7 Å². The highest BCUT2D eigenvalue weighted by Crippen LogP contribution is 2.27. The van der Waals surface area contributed by atoms with E-state index in [1.165, 1.54) is 12.8 Å². The molecule has 2 N–H and O–H groups in total. The number of carbonyl (C=O) groups excluding carboxylic acids is 1. The Bertz CT molecular complexity index is 1550. The summed E-state index contributed by atoms with van der Waals surface area (Å²) in [6.45, 7) is 17.8. The van der Waals surface area contributed by atoms with E-state index in [9.17, 15) is 10.1 Å². The fourth-order valence-electron chi connectivity index (χ4n) is 7.35. The first kappa shape index (κ1) is 34.3. The molecule has 1 aromatic carbocycles. The second kappa shape index (κ2) is 15.8. The zero-order valence-corrected chi connectivity index (χ0v) is 29.1. The summed E-state index contributed by atoms with van der Waals surface area (Å²) in [4.78, 5) is 35.7. The number of ether oxygens (including phenoxy) is 1. The van der Waals surface area contributed by atoms with Crippen LogP contribution in [0.5, 0.6) is 0 Å². The van der Waals surface area contributed by atoms with Crippen molar-refractivity contribution in [3.63, 3.8) is 0 Å². The number of amides is 1. The number of piperidine rings is 2. The largest absolute Gasteiger partial charge is 0.379 e. The van der Waals surface area contributed by atoms with Crippen LogP contribution in [0.1, 0.15) is 64.3 Å². The van der Waals surface area contributed by atoms with Crippen LogP contribution in [-0.2, 0) is 16.1 Å². The Hall–Kier alpha value is -3.56. The normalized spacial score (nSPS) is 20.3. The van der Waals surface area contributed by atoms with Crippen molar-refractivity contribution in [3.05, 3.63) is 47.9 Å². The summed E-state index contributed by atoms with van der Waals surface area (Å²) < 4.78 is 5.58. The maximum absolute atomic E-state index is 12.5. The van der Waals surface area contributed by atoms with E-state index in [1.54, 1.807) is 12.3 Å². The first-order valence-electron chi connectivity index (χ1n) is 17.9. The molecular weight excluding hydrogens is 602 g/mol. The van der Waals surface area contributed by atoms with E-state index in [-0.39, 0.29) is 5.91 Å². The number of imidazole rings is 1. The summed E-state index contributed by atoms with van der Waals surface area (Å²) in [5, 5.41) is 12.4. The molecular formula is C37H53N9O2. The molecule has 48 heavy (non-hydrogen) atoms. The topological polar surface area (TPSA) is 117 Å². The highest BCUT2D eigenvalue weighted by Gasteiger charge is 2.29. The third-order valence-corrected chi connectivity index (χ3v) is 10.2. The number of nitrogens with one attached hydrogen (secondary N) is 2. The molecule has 258 valence electrons. The van der Waals surface area contributed by atoms with Gasteiger partial charge in [-0.25, -0.2) is 9.97 Å². The Morgan fingerprint density at radius 3 is 2.67 bits per heavy atom. The molecule has 1 amide bonds. The van der Waals surface area contributed by atoms with Gasteiger partial charge in [-0.15, -0.1) is 0 Å². The molecule has 5 heterocycles. The smallest absolute Gasteiger partial charge is 0.229 e. The Balaban J connectivity index is 1.05. The van der Waals surface area contributed by atoms with Gasteiger partial charge < -0.3 is 19.9 Å². The molecule has 0 bridgehead atoms. The number of hydrogen-bond acceptors (Lipinski definition) is 9. The number of morpholine rings is 1. The number of fused-ring (bicyclic) bond motifs is 1. The van der Waals surface area contributed by atoms with Crippen molar-refractivity contribution < 1.29 is 9.53 Å². The van der Waals surface area contributed by atoms with Gasteiger partial charge in [0.1, 0.15) is 11.6 Å². The first-order valence-corrected chi connectivity index (χ1v) is 17.9. The minimum absolute atomic E-state index is 0.00260. The average Bonchev–Trinajstić information content (AvgIpc) is 3.50. The van der Waals surface area contributed by atoms with Gasteiger partial charge in [0.2, 0.25) is 5.91 Å². The fraction of sp³-hybridized carbons (Fsp3) is 0.622. The molecule has 2 aromatic heterocycles. The van der Waals surface area contributed by atoms with Gasteiger partial charge in [-0.05, 0) is 81.4 Å². The van der Waals surface area contributed by atoms with E-state index >= 15 is 0 Å². The molecule has 3 aliphatic rings. The van der Waals surface area contributed by atoms with Crippen molar-refractivity contribution in [3.8, 4) is 6.07 Å². The summed E-state index contributed by atoms with van der Waals surface area (Å²) in [6, 6.07) is 12.5. The van der Waals surface area contributed by atoms with E-state index in [0.29, 0.717) is 17.5 Å². The first-order chi connectivity index (χ1) is 23.2. The molecule has 0 aliphatic carbocycles. The lowest BCUT2D eigenvalue weighted by atomic mass is 9.94. The van der Waals surface area contributed by atoms with Crippen LogP contribution in [0.25, 0.3) is 11.0 Å². The Labute approximate surface area is 285 Å². The van der Waals surface area contributed by atoms with Gasteiger partial charge in [0, 0.05) is 69.2 Å². The molecule has 3 aliphatic heterocycles. The molecule has 3 saturated heterocycles. The van der Waals surface area contributed by atoms with Crippen LogP contribution < -0.4 is 10.2 Å². The van der Waals surface area contributed by atoms with Crippen molar-refractivity contribution in [2.75, 3.05) is 82.3 Å². The standard InChI is InChI=1S/C37H53N9O2/c1-37(2,3)36(47)40-30-7-8-32-33(23-30)42-34(41-32)27-44-16-10-31(11-17-44)45(15-5-13-43-18-20-48-21-19-43)25-29-6-4-14-46(26-29)35-22-28(24-38)9-12-39-35/h7-9,12,22-23,29,31H,4-6,10-11,13-21,25-27H2,1-3H3,(H,40,47)(H,41,42).